The molecular formula is C11H13N3. The zero-order valence-corrected chi connectivity index (χ0v) is 8.38. The van der Waals surface area contributed by atoms with Gasteiger partial charge in [0.1, 0.15) is 11.9 Å². The Balaban J connectivity index is 2.30. The minimum absolute atomic E-state index is 0.141. The summed E-state index contributed by atoms with van der Waals surface area (Å²) in [5.74, 6) is 0. The number of nitrogens with zero attached hydrogens (tertiary/aromatic N) is 3. The van der Waals surface area contributed by atoms with Gasteiger partial charge in [-0.05, 0) is 6.92 Å². The van der Waals surface area contributed by atoms with Crippen LogP contribution in [-0.4, -0.2) is 30.1 Å². The van der Waals surface area contributed by atoms with Crippen LogP contribution in [0.3, 0.4) is 0 Å². The highest BCUT2D eigenvalue weighted by Crippen LogP contribution is 2.08. The SMILES string of the molecule is CC1N=CC(c2ccccc2)=NN1C. The lowest BCUT2D eigenvalue weighted by atomic mass is 10.1. The highest BCUT2D eigenvalue weighted by atomic mass is 15.5. The molecule has 0 radical (unpaired) electrons. The van der Waals surface area contributed by atoms with Gasteiger partial charge in [0.15, 0.2) is 0 Å². The molecule has 0 aromatic heterocycles. The second-order valence-electron chi connectivity index (χ2n) is 3.33. The van der Waals surface area contributed by atoms with E-state index in [0.29, 0.717) is 0 Å². The topological polar surface area (TPSA) is 28.0 Å². The molecule has 1 unspecified atom stereocenters. The summed E-state index contributed by atoms with van der Waals surface area (Å²) in [6.07, 6.45) is 1.97. The van der Waals surface area contributed by atoms with E-state index in [1.54, 1.807) is 0 Å². The van der Waals surface area contributed by atoms with Gasteiger partial charge in [0, 0.05) is 12.6 Å². The van der Waals surface area contributed by atoms with Crippen LogP contribution >= 0.6 is 0 Å². The van der Waals surface area contributed by atoms with Gasteiger partial charge in [-0.3, -0.25) is 10.0 Å². The van der Waals surface area contributed by atoms with Gasteiger partial charge in [-0.15, -0.1) is 0 Å². The number of benzene rings is 1. The second-order valence-corrected chi connectivity index (χ2v) is 3.33. The second kappa shape index (κ2) is 3.62. The molecule has 1 aromatic carbocycles. The van der Waals surface area contributed by atoms with Gasteiger partial charge < -0.3 is 0 Å². The Morgan fingerprint density at radius 3 is 2.57 bits per heavy atom. The fraction of sp³-hybridized carbons (Fsp3) is 0.273. The minimum atomic E-state index is 0.141. The van der Waals surface area contributed by atoms with Crippen LogP contribution in [0.4, 0.5) is 0 Å². The first kappa shape index (κ1) is 8.94. The van der Waals surface area contributed by atoms with Crippen molar-refractivity contribution < 1.29 is 0 Å². The Morgan fingerprint density at radius 2 is 1.93 bits per heavy atom. The van der Waals surface area contributed by atoms with Crippen molar-refractivity contribution in [2.24, 2.45) is 10.1 Å². The van der Waals surface area contributed by atoms with Gasteiger partial charge in [-0.2, -0.15) is 5.10 Å². The van der Waals surface area contributed by atoms with Crippen LogP contribution in [0.5, 0.6) is 0 Å². The molecule has 0 spiro atoms. The maximum absolute atomic E-state index is 4.43. The van der Waals surface area contributed by atoms with Gasteiger partial charge in [0.2, 0.25) is 0 Å². The summed E-state index contributed by atoms with van der Waals surface area (Å²) in [6.45, 7) is 2.02. The molecular weight excluding hydrogens is 174 g/mol. The lowest BCUT2D eigenvalue weighted by Gasteiger charge is -2.22. The first-order chi connectivity index (χ1) is 6.77. The number of hydrogen-bond donors (Lipinski definition) is 0. The summed E-state index contributed by atoms with van der Waals surface area (Å²) in [5, 5.41) is 6.30. The average molecular weight is 187 g/mol. The van der Waals surface area contributed by atoms with Crippen LogP contribution in [0.2, 0.25) is 0 Å². The molecule has 3 heteroatoms. The molecule has 1 atom stereocenters. The molecule has 0 bridgehead atoms. The van der Waals surface area contributed by atoms with E-state index in [0.717, 1.165) is 11.3 Å². The number of rotatable bonds is 1. The molecule has 0 amide bonds. The number of aliphatic imine (C=N–C) groups is 1. The summed E-state index contributed by atoms with van der Waals surface area (Å²) in [6, 6.07) is 10.1. The average Bonchev–Trinajstić information content (AvgIpc) is 2.23. The van der Waals surface area contributed by atoms with Crippen molar-refractivity contribution in [1.82, 2.24) is 5.01 Å². The number of hydrazone groups is 1. The predicted molar refractivity (Wildman–Crippen MR) is 58.7 cm³/mol. The molecule has 1 aromatic rings. The third kappa shape index (κ3) is 1.66. The van der Waals surface area contributed by atoms with Crippen molar-refractivity contribution in [1.29, 1.82) is 0 Å². The Morgan fingerprint density at radius 1 is 1.21 bits per heavy atom. The van der Waals surface area contributed by atoms with E-state index >= 15 is 0 Å². The summed E-state index contributed by atoms with van der Waals surface area (Å²) in [5.41, 5.74) is 2.03. The predicted octanol–water partition coefficient (Wildman–Crippen LogP) is 1.75. The normalized spacial score (nSPS) is 20.9. The molecule has 2 rings (SSSR count). The minimum Gasteiger partial charge on any atom is -0.276 e. The largest absolute Gasteiger partial charge is 0.276 e. The van der Waals surface area contributed by atoms with Crippen molar-refractivity contribution in [2.75, 3.05) is 7.05 Å². The van der Waals surface area contributed by atoms with Gasteiger partial charge in [-0.25, -0.2) is 0 Å². The molecule has 0 N–H and O–H groups in total. The highest BCUT2D eigenvalue weighted by Gasteiger charge is 2.11. The third-order valence-electron chi connectivity index (χ3n) is 2.29. The molecule has 1 heterocycles. The highest BCUT2D eigenvalue weighted by molar-refractivity contribution is 6.38. The molecule has 0 saturated carbocycles. The summed E-state index contributed by atoms with van der Waals surface area (Å²) >= 11 is 0. The number of hydrogen-bond acceptors (Lipinski definition) is 3. The van der Waals surface area contributed by atoms with E-state index in [-0.39, 0.29) is 6.17 Å². The van der Waals surface area contributed by atoms with E-state index in [9.17, 15) is 0 Å². The van der Waals surface area contributed by atoms with Crippen molar-refractivity contribution >= 4 is 11.9 Å². The quantitative estimate of drug-likeness (QED) is 0.658. The van der Waals surface area contributed by atoms with Crippen LogP contribution < -0.4 is 0 Å². The Bertz CT molecular complexity index is 367. The van der Waals surface area contributed by atoms with Crippen LogP contribution in [0.1, 0.15) is 12.5 Å². The lowest BCUT2D eigenvalue weighted by Crippen LogP contribution is -2.28. The van der Waals surface area contributed by atoms with Crippen molar-refractivity contribution in [3.05, 3.63) is 35.9 Å². The van der Waals surface area contributed by atoms with E-state index in [1.807, 2.05) is 55.5 Å². The van der Waals surface area contributed by atoms with Gasteiger partial charge in [-0.1, -0.05) is 30.3 Å². The first-order valence-corrected chi connectivity index (χ1v) is 4.67. The molecule has 0 aliphatic carbocycles. The van der Waals surface area contributed by atoms with Gasteiger partial charge >= 0.3 is 0 Å². The van der Waals surface area contributed by atoms with E-state index < -0.39 is 0 Å². The summed E-state index contributed by atoms with van der Waals surface area (Å²) < 4.78 is 0. The zero-order chi connectivity index (χ0) is 9.97. The van der Waals surface area contributed by atoms with Gasteiger partial charge in [0.05, 0.1) is 6.21 Å². The van der Waals surface area contributed by atoms with Crippen LogP contribution in [0, 0.1) is 0 Å². The fourth-order valence-electron chi connectivity index (χ4n) is 1.30. The Labute approximate surface area is 83.8 Å². The van der Waals surface area contributed by atoms with E-state index in [4.69, 9.17) is 0 Å². The molecule has 1 aliphatic rings. The van der Waals surface area contributed by atoms with Crippen molar-refractivity contribution in [2.45, 2.75) is 13.1 Å². The molecule has 1 aliphatic heterocycles. The van der Waals surface area contributed by atoms with Crippen LogP contribution in [0.15, 0.2) is 40.4 Å². The Kier molecular flexibility index (Phi) is 2.31. The Hall–Kier alpha value is -1.64. The first-order valence-electron chi connectivity index (χ1n) is 4.67. The van der Waals surface area contributed by atoms with Crippen molar-refractivity contribution in [3.63, 3.8) is 0 Å². The van der Waals surface area contributed by atoms with E-state index in [1.165, 1.54) is 0 Å². The smallest absolute Gasteiger partial charge is 0.133 e. The molecule has 72 valence electrons. The molecule has 3 nitrogen and oxygen atoms in total. The maximum Gasteiger partial charge on any atom is 0.133 e. The summed E-state index contributed by atoms with van der Waals surface area (Å²) in [4.78, 5) is 4.34. The monoisotopic (exact) mass is 187 g/mol. The standard InChI is InChI=1S/C11H13N3/c1-9-12-8-11(13-14(9)2)10-6-4-3-5-7-10/h3-9H,1-2H3. The molecule has 14 heavy (non-hydrogen) atoms. The summed E-state index contributed by atoms with van der Waals surface area (Å²) in [7, 11) is 1.93. The van der Waals surface area contributed by atoms with Crippen LogP contribution in [0.25, 0.3) is 0 Å². The molecule has 0 saturated heterocycles. The maximum atomic E-state index is 4.43. The molecule has 0 fully saturated rings. The zero-order valence-electron chi connectivity index (χ0n) is 8.38. The lowest BCUT2D eigenvalue weighted by molar-refractivity contribution is 0.277. The fourth-order valence-corrected chi connectivity index (χ4v) is 1.30. The van der Waals surface area contributed by atoms with Crippen molar-refractivity contribution in [3.8, 4) is 0 Å². The third-order valence-corrected chi connectivity index (χ3v) is 2.29. The van der Waals surface area contributed by atoms with Crippen LogP contribution in [-0.2, 0) is 0 Å². The van der Waals surface area contributed by atoms with Gasteiger partial charge in [0.25, 0.3) is 0 Å². The van der Waals surface area contributed by atoms with E-state index in [2.05, 4.69) is 10.1 Å².